The molecule has 0 radical (unpaired) electrons. The van der Waals surface area contributed by atoms with Crippen molar-refractivity contribution in [3.63, 3.8) is 0 Å². The van der Waals surface area contributed by atoms with Crippen LogP contribution in [0.3, 0.4) is 0 Å². The summed E-state index contributed by atoms with van der Waals surface area (Å²) in [4.78, 5) is 76.1. The fraction of sp³-hybridized carbons (Fsp3) is 0.641. The number of carboxylic acids is 1. The van der Waals surface area contributed by atoms with Gasteiger partial charge >= 0.3 is 11.9 Å². The lowest BCUT2D eigenvalue weighted by molar-refractivity contribution is -0.184. The van der Waals surface area contributed by atoms with Crippen LogP contribution in [0.15, 0.2) is 42.0 Å². The number of amides is 2. The molecule has 3 saturated carbocycles. The largest absolute Gasteiger partial charge is 0.480 e. The first-order valence-electron chi connectivity index (χ1n) is 18.2. The number of fused-ring (bicyclic) bond motifs is 5. The molecule has 0 aromatic heterocycles. The smallest absolute Gasteiger partial charge is 0.326 e. The van der Waals surface area contributed by atoms with Crippen LogP contribution in [-0.2, 0) is 39.9 Å². The number of benzene rings is 1. The maximum absolute atomic E-state index is 13.6. The Labute approximate surface area is 298 Å². The molecule has 0 heterocycles. The summed E-state index contributed by atoms with van der Waals surface area (Å²) in [7, 11) is 0. The quantitative estimate of drug-likeness (QED) is 0.190. The molecule has 0 bridgehead atoms. The van der Waals surface area contributed by atoms with Crippen LogP contribution >= 0.6 is 0 Å². The highest BCUT2D eigenvalue weighted by molar-refractivity contribution is 5.93. The number of allylic oxidation sites excluding steroid dienone is 1. The summed E-state index contributed by atoms with van der Waals surface area (Å²) in [6.45, 7) is 6.71. The van der Waals surface area contributed by atoms with Crippen LogP contribution in [0.25, 0.3) is 0 Å². The van der Waals surface area contributed by atoms with Crippen LogP contribution in [0.2, 0.25) is 0 Å². The van der Waals surface area contributed by atoms with E-state index in [-0.39, 0.29) is 61.1 Å². The molecule has 0 saturated heterocycles. The molecule has 0 aliphatic heterocycles. The van der Waals surface area contributed by atoms with E-state index in [1.54, 1.807) is 50.3 Å². The van der Waals surface area contributed by atoms with Crippen molar-refractivity contribution in [1.29, 1.82) is 0 Å². The van der Waals surface area contributed by atoms with Gasteiger partial charge in [0.05, 0.1) is 12.5 Å². The Hall–Kier alpha value is -3.90. The second-order valence-electron chi connectivity index (χ2n) is 15.9. The van der Waals surface area contributed by atoms with Gasteiger partial charge in [0.1, 0.15) is 17.7 Å². The van der Waals surface area contributed by atoms with Gasteiger partial charge in [-0.2, -0.15) is 0 Å². The van der Waals surface area contributed by atoms with E-state index in [0.29, 0.717) is 19.3 Å². The average Bonchev–Trinajstić information content (AvgIpc) is 3.35. The van der Waals surface area contributed by atoms with Gasteiger partial charge in [0.15, 0.2) is 12.4 Å². The molecule has 5 N–H and O–H groups in total. The maximum Gasteiger partial charge on any atom is 0.326 e. The van der Waals surface area contributed by atoms with Crippen LogP contribution in [0.4, 0.5) is 0 Å². The Morgan fingerprint density at radius 3 is 2.35 bits per heavy atom. The molecule has 1 aromatic rings. The standard InChI is InChI=1S/C39H52N2O10/c1-22(2)34(35(47)40-28(36(48)49)18-23-8-6-5-7-9-23)41-31(45)12-13-32(46)51-21-30(44)39(50)17-15-27-26-11-10-24-19-25(42)14-16-37(24,3)33(26)29(43)20-38(27,39)4/h5-9,19,22,26-29,33-34,43,50H,10-18,20-21H2,1-4H3,(H,40,47)(H,41,45)(H,48,49)/t26-,27+,28-,29-,33-,34-,37-,38-,39-/m0/s1. The lowest BCUT2D eigenvalue weighted by Crippen LogP contribution is -2.62. The van der Waals surface area contributed by atoms with Gasteiger partial charge in [-0.25, -0.2) is 4.79 Å². The number of carbonyl (C=O) groups is 6. The number of aliphatic carboxylic acids is 1. The van der Waals surface area contributed by atoms with E-state index in [1.165, 1.54) is 0 Å². The van der Waals surface area contributed by atoms with Gasteiger partial charge in [-0.15, -0.1) is 0 Å². The summed E-state index contributed by atoms with van der Waals surface area (Å²) in [5.74, 6) is -4.25. The third kappa shape index (κ3) is 7.53. The van der Waals surface area contributed by atoms with Gasteiger partial charge in [-0.05, 0) is 79.3 Å². The molecule has 4 aliphatic carbocycles. The monoisotopic (exact) mass is 708 g/mol. The van der Waals surface area contributed by atoms with E-state index in [9.17, 15) is 44.1 Å². The number of nitrogens with one attached hydrogen (secondary N) is 2. The Morgan fingerprint density at radius 1 is 0.980 bits per heavy atom. The first-order valence-corrected chi connectivity index (χ1v) is 18.2. The zero-order chi connectivity index (χ0) is 37.3. The second-order valence-corrected chi connectivity index (χ2v) is 15.9. The fourth-order valence-electron chi connectivity index (χ4n) is 9.80. The number of ether oxygens (including phenoxy) is 1. The first kappa shape index (κ1) is 38.3. The molecule has 12 heteroatoms. The normalized spacial score (nSPS) is 32.4. The van der Waals surface area contributed by atoms with Gasteiger partial charge in [0.2, 0.25) is 17.6 Å². The van der Waals surface area contributed by atoms with Crippen molar-refractivity contribution in [3.05, 3.63) is 47.5 Å². The number of aliphatic hydroxyl groups is 2. The number of ketones is 2. The first-order chi connectivity index (χ1) is 24.0. The third-order valence-corrected chi connectivity index (χ3v) is 12.6. The number of Topliss-reactive ketones (excluding diaryl/α,β-unsaturated/α-hetero) is 1. The van der Waals surface area contributed by atoms with Crippen molar-refractivity contribution in [1.82, 2.24) is 10.6 Å². The van der Waals surface area contributed by atoms with Crippen LogP contribution in [-0.4, -0.2) is 81.0 Å². The van der Waals surface area contributed by atoms with Crippen molar-refractivity contribution in [2.75, 3.05) is 6.61 Å². The van der Waals surface area contributed by atoms with E-state index >= 15 is 0 Å². The zero-order valence-electron chi connectivity index (χ0n) is 30.0. The number of rotatable bonds is 13. The van der Waals surface area contributed by atoms with Gasteiger partial charge in [-0.1, -0.05) is 63.6 Å². The molecular weight excluding hydrogens is 656 g/mol. The molecule has 278 valence electrons. The lowest BCUT2D eigenvalue weighted by atomic mass is 9.45. The Bertz CT molecular complexity index is 1570. The summed E-state index contributed by atoms with van der Waals surface area (Å²) in [6.07, 6.45) is 3.98. The highest BCUT2D eigenvalue weighted by atomic mass is 16.5. The van der Waals surface area contributed by atoms with Gasteiger partial charge in [-0.3, -0.25) is 24.0 Å². The van der Waals surface area contributed by atoms with Gasteiger partial charge in [0.25, 0.3) is 0 Å². The Morgan fingerprint density at radius 2 is 1.69 bits per heavy atom. The van der Waals surface area contributed by atoms with E-state index in [0.717, 1.165) is 24.0 Å². The predicted octanol–water partition coefficient (Wildman–Crippen LogP) is 3.07. The molecule has 1 aromatic carbocycles. The molecule has 9 atom stereocenters. The number of hydrogen-bond acceptors (Lipinski definition) is 9. The second kappa shape index (κ2) is 15.0. The summed E-state index contributed by atoms with van der Waals surface area (Å²) >= 11 is 0. The molecule has 5 rings (SSSR count). The summed E-state index contributed by atoms with van der Waals surface area (Å²) in [5.41, 5.74) is -1.20. The van der Waals surface area contributed by atoms with Crippen LogP contribution in [0.5, 0.6) is 0 Å². The number of carboxylic acid groups (broad SMARTS) is 1. The van der Waals surface area contributed by atoms with E-state index in [4.69, 9.17) is 4.74 Å². The Kier molecular flexibility index (Phi) is 11.3. The predicted molar refractivity (Wildman–Crippen MR) is 185 cm³/mol. The van der Waals surface area contributed by atoms with Crippen LogP contribution < -0.4 is 10.6 Å². The summed E-state index contributed by atoms with van der Waals surface area (Å²) in [5, 5.41) is 38.3. The minimum atomic E-state index is -1.80. The SMILES string of the molecule is CC(C)[C@H](NC(=O)CCC(=O)OCC(=O)[C@@]1(O)CC[C@@H]2[C@@H]3CCC4=CC(=O)CC[C@]4(C)[C@@H]3[C@@H](O)C[C@@]21C)C(=O)N[C@@H](Cc1ccccc1)C(=O)O. The molecule has 3 fully saturated rings. The number of carbonyl (C=O) groups excluding carboxylic acids is 5. The number of esters is 1. The minimum Gasteiger partial charge on any atom is -0.480 e. The number of hydrogen-bond donors (Lipinski definition) is 5. The van der Waals surface area contributed by atoms with E-state index in [1.807, 2.05) is 6.92 Å². The Balaban J connectivity index is 1.13. The molecule has 0 spiro atoms. The van der Waals surface area contributed by atoms with Crippen molar-refractivity contribution in [2.24, 2.45) is 34.5 Å². The maximum atomic E-state index is 13.6. The lowest BCUT2D eigenvalue weighted by Gasteiger charge is -2.60. The average molecular weight is 709 g/mol. The van der Waals surface area contributed by atoms with E-state index in [2.05, 4.69) is 17.6 Å². The molecule has 12 nitrogen and oxygen atoms in total. The highest BCUT2D eigenvalue weighted by Crippen LogP contribution is 2.67. The number of aliphatic hydroxyl groups excluding tert-OH is 1. The van der Waals surface area contributed by atoms with Crippen LogP contribution in [0, 0.1) is 34.5 Å². The third-order valence-electron chi connectivity index (χ3n) is 12.6. The molecule has 0 unspecified atom stereocenters. The summed E-state index contributed by atoms with van der Waals surface area (Å²) < 4.78 is 5.25. The van der Waals surface area contributed by atoms with Crippen molar-refractivity contribution >= 4 is 35.3 Å². The van der Waals surface area contributed by atoms with Gasteiger partial charge < -0.3 is 30.7 Å². The van der Waals surface area contributed by atoms with Crippen molar-refractivity contribution in [3.8, 4) is 0 Å². The zero-order valence-corrected chi connectivity index (χ0v) is 30.0. The summed E-state index contributed by atoms with van der Waals surface area (Å²) in [6, 6.07) is 6.57. The van der Waals surface area contributed by atoms with Crippen LogP contribution in [0.1, 0.15) is 91.0 Å². The highest BCUT2D eigenvalue weighted by Gasteiger charge is 2.68. The van der Waals surface area contributed by atoms with Crippen molar-refractivity contribution in [2.45, 2.75) is 116 Å². The fourth-order valence-corrected chi connectivity index (χ4v) is 9.80. The molecule has 2 amide bonds. The molecule has 4 aliphatic rings. The van der Waals surface area contributed by atoms with Crippen molar-refractivity contribution < 1.29 is 48.8 Å². The van der Waals surface area contributed by atoms with E-state index < -0.39 is 71.3 Å². The minimum absolute atomic E-state index is 0.0227. The topological polar surface area (TPSA) is 196 Å². The molecule has 51 heavy (non-hydrogen) atoms. The van der Waals surface area contributed by atoms with Gasteiger partial charge in [0, 0.05) is 24.7 Å². The molecular formula is C39H52N2O10.